The van der Waals surface area contributed by atoms with E-state index in [0.29, 0.717) is 0 Å². The Morgan fingerprint density at radius 2 is 1.80 bits per heavy atom. The van der Waals surface area contributed by atoms with Crippen molar-refractivity contribution in [2.24, 2.45) is 17.6 Å². The smallest absolute Gasteiger partial charge is 0.221 e. The number of carbonyl (C=O) groups excluding carboxylic acids is 2. The zero-order valence-electron chi connectivity index (χ0n) is 13.4. The topological polar surface area (TPSA) is 72.2 Å². The Hall–Kier alpha value is -1.06. The first-order valence-electron chi connectivity index (χ1n) is 8.19. The lowest BCUT2D eigenvalue weighted by atomic mass is 9.79. The summed E-state index contributed by atoms with van der Waals surface area (Å²) in [5.41, 5.74) is 5.27. The van der Waals surface area contributed by atoms with Crippen LogP contribution in [0.5, 0.6) is 0 Å². The largest absolute Gasteiger partial charge is 0.369 e. The minimum absolute atomic E-state index is 0. The second kappa shape index (κ2) is 11.7. The fourth-order valence-corrected chi connectivity index (χ4v) is 2.46. The van der Waals surface area contributed by atoms with Gasteiger partial charge in [0.25, 0.3) is 0 Å². The van der Waals surface area contributed by atoms with E-state index in [9.17, 15) is 9.59 Å². The number of unbranched alkanes of at least 4 members (excludes halogenated alkanes) is 1. The third-order valence-corrected chi connectivity index (χ3v) is 3.89. The number of nitrogens with one attached hydrogen (secondary N) is 1. The molecule has 0 unspecified atom stereocenters. The molecule has 1 aliphatic carbocycles. The highest BCUT2D eigenvalue weighted by atomic mass is 16.2. The molecule has 122 valence electrons. The molecule has 2 rings (SSSR count). The molecule has 2 amide bonds. The SMILES string of the molecule is CC.CCCCC1CCC(C(N)=O)CC1.O=C1CCN1.[HH].[HH]. The maximum atomic E-state index is 10.9. The Morgan fingerprint density at radius 1 is 1.30 bits per heavy atom. The first kappa shape index (κ1) is 18.9. The quantitative estimate of drug-likeness (QED) is 0.777. The molecule has 1 saturated carbocycles. The molecule has 0 spiro atoms. The predicted molar refractivity (Wildman–Crippen MR) is 87.4 cm³/mol. The van der Waals surface area contributed by atoms with Crippen LogP contribution in [0.1, 0.15) is 75.0 Å². The van der Waals surface area contributed by atoms with Gasteiger partial charge in [-0.3, -0.25) is 9.59 Å². The summed E-state index contributed by atoms with van der Waals surface area (Å²) >= 11 is 0. The maximum Gasteiger partial charge on any atom is 0.221 e. The van der Waals surface area contributed by atoms with Crippen molar-refractivity contribution in [3.63, 3.8) is 0 Å². The number of rotatable bonds is 4. The predicted octanol–water partition coefficient (Wildman–Crippen LogP) is 3.49. The molecule has 0 atom stereocenters. The van der Waals surface area contributed by atoms with E-state index in [-0.39, 0.29) is 20.6 Å². The Balaban J connectivity index is -0.000000340. The molecule has 4 heteroatoms. The van der Waals surface area contributed by atoms with E-state index < -0.39 is 0 Å². The summed E-state index contributed by atoms with van der Waals surface area (Å²) < 4.78 is 0. The summed E-state index contributed by atoms with van der Waals surface area (Å²) in [6.45, 7) is 7.12. The summed E-state index contributed by atoms with van der Waals surface area (Å²) in [4.78, 5) is 20.7. The van der Waals surface area contributed by atoms with Crippen molar-refractivity contribution in [1.82, 2.24) is 5.32 Å². The van der Waals surface area contributed by atoms with Gasteiger partial charge in [-0.25, -0.2) is 0 Å². The lowest BCUT2D eigenvalue weighted by Gasteiger charge is -2.26. The third kappa shape index (κ3) is 8.18. The van der Waals surface area contributed by atoms with Crippen LogP contribution in [-0.2, 0) is 9.59 Å². The van der Waals surface area contributed by atoms with E-state index in [1.165, 1.54) is 32.1 Å². The molecule has 0 aromatic heterocycles. The number of carbonyl (C=O) groups is 2. The second-order valence-corrected chi connectivity index (χ2v) is 5.36. The molecule has 0 radical (unpaired) electrons. The van der Waals surface area contributed by atoms with E-state index in [2.05, 4.69) is 12.2 Å². The van der Waals surface area contributed by atoms with Gasteiger partial charge in [0.2, 0.25) is 11.8 Å². The number of primary amides is 1. The third-order valence-electron chi connectivity index (χ3n) is 3.89. The summed E-state index contributed by atoms with van der Waals surface area (Å²) in [5.74, 6) is 1.15. The summed E-state index contributed by atoms with van der Waals surface area (Å²) in [6, 6.07) is 0. The summed E-state index contributed by atoms with van der Waals surface area (Å²) in [6.07, 6.45) is 9.21. The van der Waals surface area contributed by atoms with Crippen molar-refractivity contribution in [2.75, 3.05) is 6.54 Å². The maximum absolute atomic E-state index is 10.9. The van der Waals surface area contributed by atoms with Crippen molar-refractivity contribution in [3.05, 3.63) is 0 Å². The van der Waals surface area contributed by atoms with Gasteiger partial charge in [0.1, 0.15) is 0 Å². The molecule has 2 fully saturated rings. The molecular formula is C16H36N2O2. The van der Waals surface area contributed by atoms with Gasteiger partial charge in [-0.1, -0.05) is 40.0 Å². The Bertz CT molecular complexity index is 275. The van der Waals surface area contributed by atoms with Gasteiger partial charge in [-0.05, 0) is 31.6 Å². The molecule has 0 aromatic carbocycles. The number of hydrogen-bond acceptors (Lipinski definition) is 2. The molecule has 3 N–H and O–H groups in total. The Morgan fingerprint density at radius 3 is 2.10 bits per heavy atom. The minimum atomic E-state index is -0.0889. The highest BCUT2D eigenvalue weighted by molar-refractivity contribution is 5.81. The van der Waals surface area contributed by atoms with Gasteiger partial charge in [0.15, 0.2) is 0 Å². The number of hydrogen-bond donors (Lipinski definition) is 2. The van der Waals surface area contributed by atoms with Crippen LogP contribution < -0.4 is 11.1 Å². The van der Waals surface area contributed by atoms with E-state index in [0.717, 1.165) is 31.7 Å². The van der Waals surface area contributed by atoms with E-state index >= 15 is 0 Å². The Kier molecular flexibility index (Phi) is 11.1. The highest BCUT2D eigenvalue weighted by Gasteiger charge is 2.23. The molecule has 1 aliphatic heterocycles. The van der Waals surface area contributed by atoms with E-state index in [1.807, 2.05) is 13.8 Å². The molecule has 1 saturated heterocycles. The molecule has 1 heterocycles. The van der Waals surface area contributed by atoms with Crippen LogP contribution >= 0.6 is 0 Å². The zero-order valence-corrected chi connectivity index (χ0v) is 13.4. The van der Waals surface area contributed by atoms with Crippen LogP contribution in [0.3, 0.4) is 0 Å². The van der Waals surface area contributed by atoms with Gasteiger partial charge in [-0.15, -0.1) is 0 Å². The van der Waals surface area contributed by atoms with Crippen LogP contribution in [0, 0.1) is 11.8 Å². The van der Waals surface area contributed by atoms with Crippen LogP contribution in [0.15, 0.2) is 0 Å². The van der Waals surface area contributed by atoms with Crippen molar-refractivity contribution < 1.29 is 12.4 Å². The fourth-order valence-electron chi connectivity index (χ4n) is 2.46. The van der Waals surface area contributed by atoms with Gasteiger partial charge in [0.05, 0.1) is 0 Å². The van der Waals surface area contributed by atoms with Crippen molar-refractivity contribution in [3.8, 4) is 0 Å². The number of β-lactam (4-membered cyclic amide) rings is 1. The standard InChI is InChI=1S/C11H21NO.C3H5NO.C2H6.2H2/c1-2-3-4-9-5-7-10(8-6-9)11(12)13;5-3-1-2-4-3;1-2;;/h9-10H,2-8H2,1H3,(H2,12,13);1-2H2,(H,4,5);1-2H3;2*1H. The lowest BCUT2D eigenvalue weighted by molar-refractivity contribution is -0.125. The average molecular weight is 288 g/mol. The van der Waals surface area contributed by atoms with Gasteiger partial charge in [-0.2, -0.15) is 0 Å². The van der Waals surface area contributed by atoms with Crippen molar-refractivity contribution >= 4 is 11.8 Å². The van der Waals surface area contributed by atoms with E-state index in [1.54, 1.807) is 0 Å². The van der Waals surface area contributed by atoms with Crippen LogP contribution in [0.4, 0.5) is 0 Å². The molecule has 20 heavy (non-hydrogen) atoms. The van der Waals surface area contributed by atoms with Crippen LogP contribution in [-0.4, -0.2) is 18.4 Å². The number of amides is 2. The molecule has 2 aliphatic rings. The van der Waals surface area contributed by atoms with Crippen molar-refractivity contribution in [2.45, 2.75) is 72.1 Å². The second-order valence-electron chi connectivity index (χ2n) is 5.36. The number of nitrogens with two attached hydrogens (primary N) is 1. The summed E-state index contributed by atoms with van der Waals surface area (Å²) in [7, 11) is 0. The molecule has 0 bridgehead atoms. The minimum Gasteiger partial charge on any atom is -0.369 e. The Labute approximate surface area is 126 Å². The zero-order chi connectivity index (χ0) is 15.4. The fraction of sp³-hybridized carbons (Fsp3) is 0.875. The first-order chi connectivity index (χ1) is 9.63. The highest BCUT2D eigenvalue weighted by Crippen LogP contribution is 2.31. The molecule has 0 aromatic rings. The first-order valence-corrected chi connectivity index (χ1v) is 8.19. The monoisotopic (exact) mass is 288 g/mol. The molecular weight excluding hydrogens is 252 g/mol. The average Bonchev–Trinajstić information content (AvgIpc) is 2.46. The van der Waals surface area contributed by atoms with Gasteiger partial charge >= 0.3 is 0 Å². The van der Waals surface area contributed by atoms with Crippen LogP contribution in [0.25, 0.3) is 0 Å². The molecule has 4 nitrogen and oxygen atoms in total. The van der Waals surface area contributed by atoms with Crippen molar-refractivity contribution in [1.29, 1.82) is 0 Å². The van der Waals surface area contributed by atoms with E-state index in [4.69, 9.17) is 5.73 Å². The van der Waals surface area contributed by atoms with Gasteiger partial charge < -0.3 is 11.1 Å². The van der Waals surface area contributed by atoms with Crippen LogP contribution in [0.2, 0.25) is 0 Å². The normalized spacial score (nSPS) is 24.1. The summed E-state index contributed by atoms with van der Waals surface area (Å²) in [5, 5.41) is 2.57. The lowest BCUT2D eigenvalue weighted by Crippen LogP contribution is -2.37. The van der Waals surface area contributed by atoms with Gasteiger partial charge in [0, 0.05) is 21.7 Å².